The fourth-order valence-corrected chi connectivity index (χ4v) is 1.58. The van der Waals surface area contributed by atoms with Crippen LogP contribution >= 0.6 is 0 Å². The van der Waals surface area contributed by atoms with Gasteiger partial charge in [0.25, 0.3) is 0 Å². The van der Waals surface area contributed by atoms with Gasteiger partial charge in [0, 0.05) is 5.56 Å². The lowest BCUT2D eigenvalue weighted by Crippen LogP contribution is -2.02. The van der Waals surface area contributed by atoms with Gasteiger partial charge in [-0.15, -0.1) is 0 Å². The molecule has 0 fully saturated rings. The molecule has 0 bridgehead atoms. The van der Waals surface area contributed by atoms with E-state index in [4.69, 9.17) is 5.73 Å². The quantitative estimate of drug-likeness (QED) is 0.826. The zero-order valence-corrected chi connectivity index (χ0v) is 9.46. The first-order valence-corrected chi connectivity index (χ1v) is 5.05. The number of nitrogens with zero attached hydrogens (tertiary/aromatic N) is 2. The van der Waals surface area contributed by atoms with Gasteiger partial charge in [0.15, 0.2) is 11.6 Å². The topological polar surface area (TPSA) is 51.8 Å². The van der Waals surface area contributed by atoms with Gasteiger partial charge in [0.05, 0.1) is 17.1 Å². The van der Waals surface area contributed by atoms with Crippen molar-refractivity contribution in [3.05, 3.63) is 41.4 Å². The van der Waals surface area contributed by atoms with Crippen molar-refractivity contribution >= 4 is 5.69 Å². The first-order chi connectivity index (χ1) is 7.99. The van der Waals surface area contributed by atoms with Gasteiger partial charge in [0.2, 0.25) is 0 Å². The van der Waals surface area contributed by atoms with E-state index in [0.29, 0.717) is 28.5 Å². The standard InChI is InChI=1S/C12H11F2N3/c1-6-11(15)12(17-7(2)16-6)8-3-4-9(13)10(14)5-8/h3-5H,15H2,1-2H3. The van der Waals surface area contributed by atoms with Crippen LogP contribution in [0.4, 0.5) is 14.5 Å². The van der Waals surface area contributed by atoms with Crippen molar-refractivity contribution in [3.8, 4) is 11.3 Å². The molecule has 0 atom stereocenters. The predicted octanol–water partition coefficient (Wildman–Crippen LogP) is 2.62. The summed E-state index contributed by atoms with van der Waals surface area (Å²) in [6.07, 6.45) is 0. The molecule has 0 aliphatic rings. The Balaban J connectivity index is 2.64. The second kappa shape index (κ2) is 4.08. The Morgan fingerprint density at radius 3 is 2.41 bits per heavy atom. The van der Waals surface area contributed by atoms with Gasteiger partial charge < -0.3 is 5.73 Å². The largest absolute Gasteiger partial charge is 0.395 e. The highest BCUT2D eigenvalue weighted by Gasteiger charge is 2.11. The number of aryl methyl sites for hydroxylation is 2. The predicted molar refractivity (Wildman–Crippen MR) is 61.3 cm³/mol. The Morgan fingerprint density at radius 2 is 1.76 bits per heavy atom. The monoisotopic (exact) mass is 235 g/mol. The first-order valence-electron chi connectivity index (χ1n) is 5.05. The van der Waals surface area contributed by atoms with E-state index in [-0.39, 0.29) is 0 Å². The number of nitrogen functional groups attached to an aromatic ring is 1. The van der Waals surface area contributed by atoms with Crippen LogP contribution in [0.15, 0.2) is 18.2 Å². The fraction of sp³-hybridized carbons (Fsp3) is 0.167. The maximum atomic E-state index is 13.1. The number of benzene rings is 1. The van der Waals surface area contributed by atoms with E-state index in [1.165, 1.54) is 6.07 Å². The van der Waals surface area contributed by atoms with E-state index in [1.54, 1.807) is 13.8 Å². The summed E-state index contributed by atoms with van der Waals surface area (Å²) in [5, 5.41) is 0. The molecule has 2 N–H and O–H groups in total. The van der Waals surface area contributed by atoms with Crippen LogP contribution in [0.2, 0.25) is 0 Å². The van der Waals surface area contributed by atoms with Gasteiger partial charge in [-0.2, -0.15) is 0 Å². The molecule has 2 rings (SSSR count). The van der Waals surface area contributed by atoms with Crippen LogP contribution in [0.3, 0.4) is 0 Å². The number of halogens is 2. The van der Waals surface area contributed by atoms with Crippen molar-refractivity contribution in [2.75, 3.05) is 5.73 Å². The Morgan fingerprint density at radius 1 is 1.06 bits per heavy atom. The molecule has 5 heteroatoms. The molecule has 0 amide bonds. The lowest BCUT2D eigenvalue weighted by Gasteiger charge is -2.08. The lowest BCUT2D eigenvalue weighted by atomic mass is 10.1. The minimum absolute atomic E-state index is 0.376. The summed E-state index contributed by atoms with van der Waals surface area (Å²) in [5.41, 5.74) is 7.69. The van der Waals surface area contributed by atoms with Crippen molar-refractivity contribution in [2.45, 2.75) is 13.8 Å². The molecule has 17 heavy (non-hydrogen) atoms. The maximum Gasteiger partial charge on any atom is 0.159 e. The summed E-state index contributed by atoms with van der Waals surface area (Å²) < 4.78 is 26.0. The van der Waals surface area contributed by atoms with Gasteiger partial charge in [-0.05, 0) is 32.0 Å². The molecule has 0 saturated carbocycles. The van der Waals surface area contributed by atoms with Crippen LogP contribution in [-0.2, 0) is 0 Å². The van der Waals surface area contributed by atoms with Crippen molar-refractivity contribution < 1.29 is 8.78 Å². The first kappa shape index (κ1) is 11.4. The molecule has 1 heterocycles. The van der Waals surface area contributed by atoms with E-state index in [9.17, 15) is 8.78 Å². The zero-order valence-electron chi connectivity index (χ0n) is 9.46. The number of rotatable bonds is 1. The number of nitrogens with two attached hydrogens (primary N) is 1. The van der Waals surface area contributed by atoms with Gasteiger partial charge >= 0.3 is 0 Å². The molecule has 0 unspecified atom stereocenters. The van der Waals surface area contributed by atoms with Crippen LogP contribution in [0.1, 0.15) is 11.5 Å². The van der Waals surface area contributed by atoms with Gasteiger partial charge in [-0.3, -0.25) is 0 Å². The molecule has 1 aromatic heterocycles. The van der Waals surface area contributed by atoms with Crippen molar-refractivity contribution in [1.29, 1.82) is 0 Å². The summed E-state index contributed by atoms with van der Waals surface area (Å²) >= 11 is 0. The van der Waals surface area contributed by atoms with Gasteiger partial charge in [0.1, 0.15) is 5.82 Å². The van der Waals surface area contributed by atoms with E-state index >= 15 is 0 Å². The molecule has 0 saturated heterocycles. The molecule has 1 aromatic carbocycles. The number of hydrogen-bond acceptors (Lipinski definition) is 3. The molecule has 0 aliphatic carbocycles. The summed E-state index contributed by atoms with van der Waals surface area (Å²) in [5.74, 6) is -1.28. The summed E-state index contributed by atoms with van der Waals surface area (Å²) in [4.78, 5) is 8.24. The van der Waals surface area contributed by atoms with E-state index in [2.05, 4.69) is 9.97 Å². The summed E-state index contributed by atoms with van der Waals surface area (Å²) in [6.45, 7) is 3.46. The fourth-order valence-electron chi connectivity index (χ4n) is 1.58. The Labute approximate surface area is 97.3 Å². The highest BCUT2D eigenvalue weighted by atomic mass is 19.2. The lowest BCUT2D eigenvalue weighted by molar-refractivity contribution is 0.509. The third-order valence-corrected chi connectivity index (χ3v) is 2.44. The Kier molecular flexibility index (Phi) is 2.75. The Bertz CT molecular complexity index is 582. The maximum absolute atomic E-state index is 13.1. The normalized spacial score (nSPS) is 10.6. The van der Waals surface area contributed by atoms with E-state index < -0.39 is 11.6 Å². The third kappa shape index (κ3) is 2.08. The molecular weight excluding hydrogens is 224 g/mol. The number of aromatic nitrogens is 2. The zero-order chi connectivity index (χ0) is 12.6. The smallest absolute Gasteiger partial charge is 0.159 e. The molecular formula is C12H11F2N3. The molecule has 3 nitrogen and oxygen atoms in total. The molecule has 88 valence electrons. The van der Waals surface area contributed by atoms with Crippen LogP contribution < -0.4 is 5.73 Å². The van der Waals surface area contributed by atoms with Gasteiger partial charge in [-0.25, -0.2) is 18.7 Å². The third-order valence-electron chi connectivity index (χ3n) is 2.44. The van der Waals surface area contributed by atoms with Crippen molar-refractivity contribution in [2.24, 2.45) is 0 Å². The van der Waals surface area contributed by atoms with E-state index in [1.807, 2.05) is 0 Å². The highest BCUT2D eigenvalue weighted by molar-refractivity contribution is 5.73. The molecule has 0 spiro atoms. The number of anilines is 1. The highest BCUT2D eigenvalue weighted by Crippen LogP contribution is 2.26. The van der Waals surface area contributed by atoms with Crippen LogP contribution in [0, 0.1) is 25.5 Å². The van der Waals surface area contributed by atoms with Gasteiger partial charge in [-0.1, -0.05) is 0 Å². The van der Waals surface area contributed by atoms with Crippen molar-refractivity contribution in [1.82, 2.24) is 9.97 Å². The number of hydrogen-bond donors (Lipinski definition) is 1. The van der Waals surface area contributed by atoms with E-state index in [0.717, 1.165) is 12.1 Å². The SMILES string of the molecule is Cc1nc(C)c(N)c(-c2ccc(F)c(F)c2)n1. The van der Waals surface area contributed by atoms with Crippen LogP contribution in [0.25, 0.3) is 11.3 Å². The summed E-state index contributed by atoms with van der Waals surface area (Å²) in [7, 11) is 0. The summed E-state index contributed by atoms with van der Waals surface area (Å²) in [6, 6.07) is 3.57. The van der Waals surface area contributed by atoms with Crippen LogP contribution in [-0.4, -0.2) is 9.97 Å². The molecule has 0 aliphatic heterocycles. The Hall–Kier alpha value is -2.04. The second-order valence-corrected chi connectivity index (χ2v) is 3.75. The second-order valence-electron chi connectivity index (χ2n) is 3.75. The molecule has 2 aromatic rings. The van der Waals surface area contributed by atoms with Crippen LogP contribution in [0.5, 0.6) is 0 Å². The minimum atomic E-state index is -0.921. The molecule has 0 radical (unpaired) electrons. The average Bonchev–Trinajstić information content (AvgIpc) is 2.27. The average molecular weight is 235 g/mol. The van der Waals surface area contributed by atoms with Crippen molar-refractivity contribution in [3.63, 3.8) is 0 Å². The minimum Gasteiger partial charge on any atom is -0.395 e.